The Morgan fingerprint density at radius 3 is 2.58 bits per heavy atom. The van der Waals surface area contributed by atoms with Gasteiger partial charge >= 0.3 is 27.0 Å². The minimum Gasteiger partial charge on any atom is -1.00 e. The van der Waals surface area contributed by atoms with Crippen molar-refractivity contribution in [2.24, 2.45) is 0 Å². The van der Waals surface area contributed by atoms with Gasteiger partial charge in [0.05, 0.1) is 13.7 Å². The number of carbonyl (C=O) groups excluding carboxylic acids is 1. The second-order valence-corrected chi connectivity index (χ2v) is 4.43. The summed E-state index contributed by atoms with van der Waals surface area (Å²) in [6.45, 7) is 2.35. The van der Waals surface area contributed by atoms with E-state index in [0.29, 0.717) is 29.6 Å². The second-order valence-electron chi connectivity index (χ2n) is 4.43. The smallest absolute Gasteiger partial charge is 1.00 e. The molecule has 0 unspecified atom stereocenters. The first kappa shape index (κ1) is 24.6. The maximum atomic E-state index is 11.4. The summed E-state index contributed by atoms with van der Waals surface area (Å²) < 4.78 is 20.6. The number of aromatic nitrogens is 2. The van der Waals surface area contributed by atoms with Gasteiger partial charge in [-0.3, -0.25) is 4.98 Å². The minimum atomic E-state index is -0.565. The van der Waals surface area contributed by atoms with E-state index in [4.69, 9.17) is 13.6 Å². The average molecular weight is 668 g/mol. The monoisotopic (exact) mass is 666 g/mol. The van der Waals surface area contributed by atoms with Crippen LogP contribution in [-0.2, 0) is 25.8 Å². The summed E-state index contributed by atoms with van der Waals surface area (Å²) in [6, 6.07) is 8.41. The number of nitrogens with zero attached hydrogens (tertiary/aromatic N) is 2. The van der Waals surface area contributed by atoms with Crippen LogP contribution in [0.3, 0.4) is 0 Å². The van der Waals surface area contributed by atoms with E-state index in [0.717, 1.165) is 0 Å². The van der Waals surface area contributed by atoms with Crippen LogP contribution in [0, 0.1) is 6.07 Å². The summed E-state index contributed by atoms with van der Waals surface area (Å²) in [6.07, 6.45) is 2.74. The summed E-state index contributed by atoms with van der Waals surface area (Å²) >= 11 is 0. The van der Waals surface area contributed by atoms with Crippen molar-refractivity contribution in [2.45, 2.75) is 6.92 Å². The van der Waals surface area contributed by atoms with Crippen LogP contribution < -0.4 is 38.7 Å². The van der Waals surface area contributed by atoms with Crippen molar-refractivity contribution in [3.63, 3.8) is 0 Å². The third-order valence-electron chi connectivity index (χ3n) is 2.93. The van der Waals surface area contributed by atoms with Crippen molar-refractivity contribution in [2.75, 3.05) is 13.7 Å². The number of oxazole rings is 2. The molecule has 2 heterocycles. The molecular formula is C16H13Br2N2O5Pt-. The maximum Gasteiger partial charge on any atom is 2.00 e. The topological polar surface area (TPSA) is 87.6 Å². The summed E-state index contributed by atoms with van der Waals surface area (Å²) in [5, 5.41) is 0. The van der Waals surface area contributed by atoms with Crippen molar-refractivity contribution in [1.29, 1.82) is 0 Å². The van der Waals surface area contributed by atoms with E-state index in [1.165, 1.54) is 19.6 Å². The number of benzene rings is 1. The third kappa shape index (κ3) is 5.53. The Labute approximate surface area is 185 Å². The van der Waals surface area contributed by atoms with Crippen LogP contribution in [0.25, 0.3) is 22.9 Å². The van der Waals surface area contributed by atoms with Crippen LogP contribution in [-0.4, -0.2) is 29.7 Å². The first-order valence-corrected chi connectivity index (χ1v) is 6.86. The molecule has 1 aromatic carbocycles. The molecule has 2 aromatic heterocycles. The second kappa shape index (κ2) is 11.3. The Morgan fingerprint density at radius 2 is 1.92 bits per heavy atom. The van der Waals surface area contributed by atoms with Crippen molar-refractivity contribution in [3.05, 3.63) is 42.4 Å². The molecule has 0 aliphatic rings. The Hall–Kier alpha value is -1.44. The molecule has 3 rings (SSSR count). The van der Waals surface area contributed by atoms with Gasteiger partial charge in [-0.25, -0.2) is 9.78 Å². The summed E-state index contributed by atoms with van der Waals surface area (Å²) in [4.78, 5) is 19.6. The number of hydrogen-bond acceptors (Lipinski definition) is 7. The van der Waals surface area contributed by atoms with Gasteiger partial charge in [-0.2, -0.15) is 0 Å². The fraction of sp³-hybridized carbons (Fsp3) is 0.188. The molecule has 0 radical (unpaired) electrons. The maximum absolute atomic E-state index is 11.4. The fourth-order valence-electron chi connectivity index (χ4n) is 1.91. The average Bonchev–Trinajstić information content (AvgIpc) is 3.24. The fourth-order valence-corrected chi connectivity index (χ4v) is 1.91. The standard InChI is InChI=1S/C16H13N2O5.2BrH.Pt/c1-3-21-13-8-17-14(23-13)10-5-4-6-11(7-10)15-18-12(9-22-15)16(19)20-2;;;/h4-6,8-9H,3H2,1-2H3;2*1H;/q-1;;;+2/p-2. The van der Waals surface area contributed by atoms with Gasteiger partial charge in [0.1, 0.15) is 12.5 Å². The van der Waals surface area contributed by atoms with Gasteiger partial charge in [0.25, 0.3) is 5.95 Å². The quantitative estimate of drug-likeness (QED) is 0.212. The van der Waals surface area contributed by atoms with Gasteiger partial charge in [0.15, 0.2) is 17.5 Å². The van der Waals surface area contributed by atoms with E-state index in [1.807, 2.05) is 6.92 Å². The van der Waals surface area contributed by atoms with Crippen molar-refractivity contribution in [1.82, 2.24) is 9.97 Å². The summed E-state index contributed by atoms with van der Waals surface area (Å²) in [5.41, 5.74) is 1.27. The number of hydrogen-bond donors (Lipinski definition) is 0. The van der Waals surface area contributed by atoms with Crippen LogP contribution in [0.5, 0.6) is 5.95 Å². The van der Waals surface area contributed by atoms with Crippen molar-refractivity contribution >= 4 is 5.97 Å². The van der Waals surface area contributed by atoms with Gasteiger partial charge in [-0.1, -0.05) is 11.1 Å². The first-order chi connectivity index (χ1) is 11.2. The molecule has 0 amide bonds. The zero-order valence-electron chi connectivity index (χ0n) is 13.6. The van der Waals surface area contributed by atoms with Gasteiger partial charge in [0, 0.05) is 0 Å². The van der Waals surface area contributed by atoms with Crippen molar-refractivity contribution in [3.8, 4) is 28.9 Å². The Balaban J connectivity index is 0.00000208. The van der Waals surface area contributed by atoms with E-state index in [1.54, 1.807) is 18.2 Å². The molecule has 0 saturated heterocycles. The molecule has 0 fully saturated rings. The molecule has 0 saturated carbocycles. The number of esters is 1. The number of halogens is 2. The molecule has 0 bridgehead atoms. The molecule has 0 N–H and O–H groups in total. The molecule has 26 heavy (non-hydrogen) atoms. The zero-order valence-corrected chi connectivity index (χ0v) is 19.0. The molecule has 0 atom stereocenters. The first-order valence-electron chi connectivity index (χ1n) is 6.86. The largest absolute Gasteiger partial charge is 2.00 e. The molecule has 7 nitrogen and oxygen atoms in total. The molecule has 0 aliphatic carbocycles. The zero-order chi connectivity index (χ0) is 16.2. The predicted octanol–water partition coefficient (Wildman–Crippen LogP) is -3.01. The number of methoxy groups -OCH3 is 1. The number of carbonyl (C=O) groups is 1. The Morgan fingerprint density at radius 1 is 1.23 bits per heavy atom. The predicted molar refractivity (Wildman–Crippen MR) is 78.8 cm³/mol. The normalized spacial score (nSPS) is 9.31. The molecule has 142 valence electrons. The van der Waals surface area contributed by atoms with E-state index >= 15 is 0 Å². The summed E-state index contributed by atoms with van der Waals surface area (Å²) in [5.74, 6) is 0.398. The molecule has 0 spiro atoms. The van der Waals surface area contributed by atoms with E-state index in [9.17, 15) is 4.79 Å². The van der Waals surface area contributed by atoms with Crippen LogP contribution in [0.15, 0.2) is 39.5 Å². The van der Waals surface area contributed by atoms with E-state index in [-0.39, 0.29) is 66.6 Å². The molecule has 0 aliphatic heterocycles. The Kier molecular flexibility index (Phi) is 10.7. The minimum absolute atomic E-state index is 0. The van der Waals surface area contributed by atoms with Gasteiger partial charge in [-0.15, -0.1) is 24.3 Å². The summed E-state index contributed by atoms with van der Waals surface area (Å²) in [7, 11) is 1.28. The van der Waals surface area contributed by atoms with Crippen LogP contribution >= 0.6 is 0 Å². The van der Waals surface area contributed by atoms with E-state index < -0.39 is 5.97 Å². The third-order valence-corrected chi connectivity index (χ3v) is 2.93. The number of rotatable bonds is 5. The van der Waals surface area contributed by atoms with Gasteiger partial charge < -0.3 is 52.3 Å². The van der Waals surface area contributed by atoms with Crippen LogP contribution in [0.2, 0.25) is 0 Å². The van der Waals surface area contributed by atoms with Crippen molar-refractivity contribution < 1.29 is 78.1 Å². The SMILES string of the molecule is CCOc1cnc(-c2[c-]c(-c3nc(C(=O)OC)co3)ccc2)o1.[Br-].[Br-].[Pt+2]. The van der Waals surface area contributed by atoms with E-state index in [2.05, 4.69) is 20.8 Å². The molecular weight excluding hydrogens is 655 g/mol. The molecule has 3 aromatic rings. The van der Waals surface area contributed by atoms with Gasteiger partial charge in [-0.05, 0) is 6.92 Å². The molecule has 10 heteroatoms. The Bertz CT molecular complexity index is 837. The van der Waals surface area contributed by atoms with Crippen LogP contribution in [0.1, 0.15) is 17.4 Å². The van der Waals surface area contributed by atoms with Gasteiger partial charge in [0.2, 0.25) is 0 Å². The number of ether oxygens (including phenoxy) is 2. The van der Waals surface area contributed by atoms with Crippen LogP contribution in [0.4, 0.5) is 0 Å².